The Morgan fingerprint density at radius 3 is 2.81 bits per heavy atom. The normalized spacial score (nSPS) is 10.4. The van der Waals surface area contributed by atoms with Crippen molar-refractivity contribution in [3.63, 3.8) is 0 Å². The Hall–Kier alpha value is -2.19. The van der Waals surface area contributed by atoms with Gasteiger partial charge in [0, 0.05) is 24.2 Å². The van der Waals surface area contributed by atoms with Crippen LogP contribution in [0.15, 0.2) is 24.4 Å². The number of hydrogen-bond donors (Lipinski definition) is 1. The molecule has 0 fully saturated rings. The first-order valence-corrected chi connectivity index (χ1v) is 6.91. The Labute approximate surface area is 128 Å². The molecule has 0 aromatic carbocycles. The number of hydrogen-bond acceptors (Lipinski definition) is 6. The summed E-state index contributed by atoms with van der Waals surface area (Å²) in [7, 11) is 1.64. The quantitative estimate of drug-likeness (QED) is 0.669. The molecular weight excluding hydrogens is 318 g/mol. The van der Waals surface area contributed by atoms with Crippen molar-refractivity contribution in [3.8, 4) is 0 Å². The number of aromatic nitrogens is 1. The van der Waals surface area contributed by atoms with E-state index in [1.807, 2.05) is 6.07 Å². The number of rotatable bonds is 5. The first kappa shape index (κ1) is 15.2. The van der Waals surface area contributed by atoms with Crippen LogP contribution in [0.5, 0.6) is 0 Å². The van der Waals surface area contributed by atoms with Crippen LogP contribution in [0.2, 0.25) is 4.34 Å². The van der Waals surface area contributed by atoms with Crippen molar-refractivity contribution in [2.75, 3.05) is 11.9 Å². The lowest BCUT2D eigenvalue weighted by Crippen LogP contribution is -2.19. The predicted octanol–water partition coefficient (Wildman–Crippen LogP) is 3.04. The van der Waals surface area contributed by atoms with Crippen molar-refractivity contribution in [2.45, 2.75) is 6.54 Å². The van der Waals surface area contributed by atoms with Gasteiger partial charge in [0.2, 0.25) is 5.82 Å². The highest BCUT2D eigenvalue weighted by Crippen LogP contribution is 2.29. The number of aromatic carboxylic acids is 1. The molecule has 0 radical (unpaired) electrons. The minimum atomic E-state index is -1.26. The lowest BCUT2D eigenvalue weighted by atomic mass is 10.2. The van der Waals surface area contributed by atoms with Crippen LogP contribution in [-0.4, -0.2) is 28.0 Å². The van der Waals surface area contributed by atoms with E-state index in [0.29, 0.717) is 10.9 Å². The number of anilines is 1. The molecule has 7 nitrogen and oxygen atoms in total. The Balaban J connectivity index is 2.33. The molecule has 0 aliphatic rings. The molecule has 0 atom stereocenters. The highest BCUT2D eigenvalue weighted by molar-refractivity contribution is 7.16. The van der Waals surface area contributed by atoms with Gasteiger partial charge in [0.1, 0.15) is 0 Å². The fraction of sp³-hybridized carbons (Fsp3) is 0.167. The average molecular weight is 328 g/mol. The third-order valence-electron chi connectivity index (χ3n) is 2.67. The molecule has 110 valence electrons. The first-order valence-electron chi connectivity index (χ1n) is 5.71. The van der Waals surface area contributed by atoms with Crippen LogP contribution in [0.25, 0.3) is 0 Å². The molecule has 0 saturated heterocycles. The molecule has 2 aromatic rings. The maximum absolute atomic E-state index is 11.1. The van der Waals surface area contributed by atoms with Crippen LogP contribution in [0.1, 0.15) is 15.2 Å². The molecule has 0 aliphatic carbocycles. The summed E-state index contributed by atoms with van der Waals surface area (Å²) < 4.78 is 0.627. The lowest BCUT2D eigenvalue weighted by molar-refractivity contribution is -0.384. The van der Waals surface area contributed by atoms with Gasteiger partial charge in [0.25, 0.3) is 0 Å². The number of carboxylic acid groups (broad SMARTS) is 1. The minimum Gasteiger partial charge on any atom is -0.478 e. The van der Waals surface area contributed by atoms with Crippen molar-refractivity contribution in [1.29, 1.82) is 0 Å². The molecule has 9 heteroatoms. The first-order chi connectivity index (χ1) is 9.88. The molecular formula is C12H10ClN3O4S. The zero-order valence-electron chi connectivity index (χ0n) is 10.8. The van der Waals surface area contributed by atoms with Crippen molar-refractivity contribution in [1.82, 2.24) is 4.98 Å². The SMILES string of the molecule is CN(Cc1ccc(Cl)s1)c1ncc(C(=O)O)cc1[N+](=O)[O-]. The third-order valence-corrected chi connectivity index (χ3v) is 3.89. The van der Waals surface area contributed by atoms with Crippen molar-refractivity contribution >= 4 is 40.4 Å². The van der Waals surface area contributed by atoms with E-state index >= 15 is 0 Å². The monoisotopic (exact) mass is 327 g/mol. The fourth-order valence-corrected chi connectivity index (χ4v) is 2.88. The molecule has 0 saturated carbocycles. The standard InChI is InChI=1S/C12H10ClN3O4S/c1-15(6-8-2-3-10(13)21-8)11-9(16(19)20)4-7(5-14-11)12(17)18/h2-5H,6H2,1H3,(H,17,18). The van der Waals surface area contributed by atoms with E-state index < -0.39 is 10.9 Å². The molecule has 1 N–H and O–H groups in total. The van der Waals surface area contributed by atoms with Crippen LogP contribution >= 0.6 is 22.9 Å². The van der Waals surface area contributed by atoms with E-state index in [-0.39, 0.29) is 17.1 Å². The number of thiophene rings is 1. The number of nitro groups is 1. The second-order valence-electron chi connectivity index (χ2n) is 4.19. The summed E-state index contributed by atoms with van der Waals surface area (Å²) in [5, 5.41) is 20.0. The molecule has 2 rings (SSSR count). The summed E-state index contributed by atoms with van der Waals surface area (Å²) in [6.45, 7) is 0.387. The minimum absolute atomic E-state index is 0.106. The summed E-state index contributed by atoms with van der Waals surface area (Å²) in [4.78, 5) is 27.7. The number of carboxylic acids is 1. The molecule has 0 bridgehead atoms. The Morgan fingerprint density at radius 2 is 2.29 bits per heavy atom. The van der Waals surface area contributed by atoms with Gasteiger partial charge in [-0.25, -0.2) is 9.78 Å². The van der Waals surface area contributed by atoms with E-state index in [9.17, 15) is 14.9 Å². The fourth-order valence-electron chi connectivity index (χ4n) is 1.74. The topological polar surface area (TPSA) is 96.6 Å². The zero-order valence-corrected chi connectivity index (χ0v) is 12.4. The molecule has 0 spiro atoms. The van der Waals surface area contributed by atoms with Crippen LogP contribution < -0.4 is 4.90 Å². The van der Waals surface area contributed by atoms with E-state index in [2.05, 4.69) is 4.98 Å². The van der Waals surface area contributed by atoms with Crippen molar-refractivity contribution < 1.29 is 14.8 Å². The van der Waals surface area contributed by atoms with Crippen LogP contribution in [0.4, 0.5) is 11.5 Å². The lowest BCUT2D eigenvalue weighted by Gasteiger charge is -2.17. The zero-order chi connectivity index (χ0) is 15.6. The number of carbonyl (C=O) groups is 1. The van der Waals surface area contributed by atoms with E-state index in [4.69, 9.17) is 16.7 Å². The van der Waals surface area contributed by atoms with Gasteiger partial charge >= 0.3 is 11.7 Å². The summed E-state index contributed by atoms with van der Waals surface area (Å²) in [5.41, 5.74) is -0.571. The molecule has 0 unspecified atom stereocenters. The van der Waals surface area contributed by atoms with Gasteiger partial charge < -0.3 is 10.0 Å². The second-order valence-corrected chi connectivity index (χ2v) is 5.99. The van der Waals surface area contributed by atoms with Gasteiger partial charge in [-0.15, -0.1) is 11.3 Å². The highest BCUT2D eigenvalue weighted by atomic mass is 35.5. The molecule has 2 aromatic heterocycles. The number of pyridine rings is 1. The van der Waals surface area contributed by atoms with Gasteiger partial charge in [-0.1, -0.05) is 11.6 Å². The molecule has 2 heterocycles. The number of halogens is 1. The maximum Gasteiger partial charge on any atom is 0.337 e. The van der Waals surface area contributed by atoms with Gasteiger partial charge in [0.05, 0.1) is 21.4 Å². The van der Waals surface area contributed by atoms with Crippen LogP contribution in [-0.2, 0) is 6.54 Å². The molecule has 21 heavy (non-hydrogen) atoms. The van der Waals surface area contributed by atoms with Gasteiger partial charge in [0.15, 0.2) is 0 Å². The highest BCUT2D eigenvalue weighted by Gasteiger charge is 2.22. The summed E-state index contributed by atoms with van der Waals surface area (Å²) in [6, 6.07) is 4.56. The molecule has 0 amide bonds. The predicted molar refractivity (Wildman–Crippen MR) is 79.3 cm³/mol. The van der Waals surface area contributed by atoms with Crippen molar-refractivity contribution in [3.05, 3.63) is 49.3 Å². The second kappa shape index (κ2) is 6.06. The van der Waals surface area contributed by atoms with E-state index in [0.717, 1.165) is 17.1 Å². The van der Waals surface area contributed by atoms with E-state index in [1.54, 1.807) is 18.0 Å². The van der Waals surface area contributed by atoms with Gasteiger partial charge in [-0.2, -0.15) is 0 Å². The third kappa shape index (κ3) is 3.47. The maximum atomic E-state index is 11.1. The summed E-state index contributed by atoms with van der Waals surface area (Å²) in [6.07, 6.45) is 1.10. The largest absolute Gasteiger partial charge is 0.478 e. The van der Waals surface area contributed by atoms with Gasteiger partial charge in [-0.05, 0) is 12.1 Å². The van der Waals surface area contributed by atoms with Crippen LogP contribution in [0, 0.1) is 10.1 Å². The van der Waals surface area contributed by atoms with Crippen molar-refractivity contribution in [2.24, 2.45) is 0 Å². The van der Waals surface area contributed by atoms with E-state index in [1.165, 1.54) is 11.3 Å². The Kier molecular flexibility index (Phi) is 4.39. The number of nitrogens with zero attached hydrogens (tertiary/aromatic N) is 3. The Morgan fingerprint density at radius 1 is 1.57 bits per heavy atom. The van der Waals surface area contributed by atoms with Gasteiger partial charge in [-0.3, -0.25) is 10.1 Å². The average Bonchev–Trinajstić information content (AvgIpc) is 2.83. The Bertz CT molecular complexity index is 704. The summed E-state index contributed by atoms with van der Waals surface area (Å²) >= 11 is 7.20. The molecule has 0 aliphatic heterocycles. The van der Waals surface area contributed by atoms with Crippen LogP contribution in [0.3, 0.4) is 0 Å². The smallest absolute Gasteiger partial charge is 0.337 e. The summed E-state index contributed by atoms with van der Waals surface area (Å²) in [5.74, 6) is -1.15.